The molecule has 0 aromatic heterocycles. The number of para-hydroxylation sites is 1. The first-order valence-corrected chi connectivity index (χ1v) is 11.8. The Hall–Kier alpha value is -2.91. The lowest BCUT2D eigenvalue weighted by Crippen LogP contribution is -2.36. The number of nitrogens with zero attached hydrogens (tertiary/aromatic N) is 2. The Kier molecular flexibility index (Phi) is 5.15. The lowest BCUT2D eigenvalue weighted by molar-refractivity contribution is 0.608. The summed E-state index contributed by atoms with van der Waals surface area (Å²) in [6, 6.07) is 32.0. The third-order valence-electron chi connectivity index (χ3n) is 5.91. The van der Waals surface area contributed by atoms with Crippen LogP contribution >= 0.6 is 11.8 Å². The van der Waals surface area contributed by atoms with Crippen LogP contribution < -0.4 is 9.80 Å². The van der Waals surface area contributed by atoms with E-state index in [-0.39, 0.29) is 0 Å². The molecule has 1 heterocycles. The summed E-state index contributed by atoms with van der Waals surface area (Å²) < 4.78 is 0. The molecule has 0 spiro atoms. The number of fused-ring (bicyclic) bond motifs is 3. The molecule has 0 N–H and O–H groups in total. The first kappa shape index (κ1) is 20.0. The fourth-order valence-corrected chi connectivity index (χ4v) is 5.77. The number of hydrogen-bond donors (Lipinski definition) is 0. The Bertz CT molecular complexity index is 1220. The number of benzene rings is 4. The van der Waals surface area contributed by atoms with Gasteiger partial charge in [0.2, 0.25) is 0 Å². The molecule has 156 valence electrons. The highest BCUT2D eigenvalue weighted by Gasteiger charge is 2.25. The minimum atomic E-state index is 0.463. The second-order valence-electron chi connectivity index (χ2n) is 8.68. The Balaban J connectivity index is 1.64. The predicted molar refractivity (Wildman–Crippen MR) is 136 cm³/mol. The summed E-state index contributed by atoms with van der Waals surface area (Å²) in [5, 5.41) is 2.56. The third-order valence-corrected chi connectivity index (χ3v) is 7.03. The first-order chi connectivity index (χ1) is 15.0. The van der Waals surface area contributed by atoms with Crippen LogP contribution in [0.5, 0.6) is 0 Å². The van der Waals surface area contributed by atoms with Gasteiger partial charge in [-0.15, -0.1) is 0 Å². The summed E-state index contributed by atoms with van der Waals surface area (Å²) in [6.45, 7) is 9.03. The Morgan fingerprint density at radius 3 is 1.94 bits per heavy atom. The molecule has 0 bridgehead atoms. The molecule has 2 nitrogen and oxygen atoms in total. The van der Waals surface area contributed by atoms with Crippen molar-refractivity contribution in [3.63, 3.8) is 0 Å². The molecule has 0 saturated heterocycles. The van der Waals surface area contributed by atoms with E-state index < -0.39 is 0 Å². The fourth-order valence-electron chi connectivity index (χ4n) is 4.68. The van der Waals surface area contributed by atoms with E-state index in [1.165, 1.54) is 43.3 Å². The van der Waals surface area contributed by atoms with Gasteiger partial charge in [0, 0.05) is 33.2 Å². The van der Waals surface area contributed by atoms with Crippen LogP contribution in [0.3, 0.4) is 0 Å². The Morgan fingerprint density at radius 2 is 1.26 bits per heavy atom. The normalized spacial score (nSPS) is 12.9. The molecular weight excluding hydrogens is 396 g/mol. The average Bonchev–Trinajstić information content (AvgIpc) is 2.76. The van der Waals surface area contributed by atoms with Crippen molar-refractivity contribution in [1.82, 2.24) is 0 Å². The predicted octanol–water partition coefficient (Wildman–Crippen LogP) is 8.40. The molecule has 1 aliphatic rings. The van der Waals surface area contributed by atoms with Gasteiger partial charge in [0.15, 0.2) is 0 Å². The molecule has 0 amide bonds. The lowest BCUT2D eigenvalue weighted by Gasteiger charge is -2.35. The van der Waals surface area contributed by atoms with E-state index >= 15 is 0 Å². The molecule has 0 unspecified atom stereocenters. The molecule has 0 atom stereocenters. The van der Waals surface area contributed by atoms with Crippen LogP contribution in [0.2, 0.25) is 0 Å². The van der Waals surface area contributed by atoms with Gasteiger partial charge in [0.1, 0.15) is 0 Å². The van der Waals surface area contributed by atoms with Gasteiger partial charge in [-0.25, -0.2) is 0 Å². The van der Waals surface area contributed by atoms with Crippen LogP contribution in [0.15, 0.2) is 94.7 Å². The number of rotatable bonds is 4. The molecular formula is C28H28N2S. The van der Waals surface area contributed by atoms with Crippen LogP contribution in [0.1, 0.15) is 27.7 Å². The van der Waals surface area contributed by atoms with Crippen molar-refractivity contribution in [3.8, 4) is 0 Å². The van der Waals surface area contributed by atoms with Crippen molar-refractivity contribution >= 4 is 45.3 Å². The minimum Gasteiger partial charge on any atom is -0.367 e. The van der Waals surface area contributed by atoms with Crippen LogP contribution in [-0.4, -0.2) is 12.1 Å². The zero-order chi connectivity index (χ0) is 21.5. The molecule has 0 radical (unpaired) electrons. The van der Waals surface area contributed by atoms with E-state index in [9.17, 15) is 0 Å². The Morgan fingerprint density at radius 1 is 0.645 bits per heavy atom. The fraction of sp³-hybridized carbons (Fsp3) is 0.214. The van der Waals surface area contributed by atoms with Gasteiger partial charge in [-0.05, 0) is 87.0 Å². The molecule has 0 saturated carbocycles. The van der Waals surface area contributed by atoms with Crippen molar-refractivity contribution in [2.75, 3.05) is 9.80 Å². The second kappa shape index (κ2) is 7.97. The van der Waals surface area contributed by atoms with Crippen LogP contribution in [0.4, 0.5) is 22.7 Å². The minimum absolute atomic E-state index is 0.463. The van der Waals surface area contributed by atoms with Crippen molar-refractivity contribution in [1.29, 1.82) is 0 Å². The standard InChI is InChI=1S/C28H28N2S/c1-19(2)29(20(3)4)23-13-15-24(16-14-23)30-25-11-7-8-12-27(25)31-28-18-22-10-6-5-9-21(22)17-26(28)30/h5-20H,1-4H3. The van der Waals surface area contributed by atoms with Gasteiger partial charge in [0.05, 0.1) is 11.4 Å². The molecule has 0 aliphatic carbocycles. The zero-order valence-electron chi connectivity index (χ0n) is 18.5. The average molecular weight is 425 g/mol. The van der Waals surface area contributed by atoms with Gasteiger partial charge < -0.3 is 9.80 Å². The van der Waals surface area contributed by atoms with E-state index in [1.54, 1.807) is 0 Å². The second-order valence-corrected chi connectivity index (χ2v) is 9.77. The Labute approximate surface area is 189 Å². The van der Waals surface area contributed by atoms with Crippen LogP contribution in [-0.2, 0) is 0 Å². The van der Waals surface area contributed by atoms with E-state index in [2.05, 4.69) is 122 Å². The van der Waals surface area contributed by atoms with Crippen molar-refractivity contribution in [3.05, 3.63) is 84.9 Å². The summed E-state index contributed by atoms with van der Waals surface area (Å²) in [6.07, 6.45) is 0. The summed E-state index contributed by atoms with van der Waals surface area (Å²) >= 11 is 1.86. The van der Waals surface area contributed by atoms with E-state index in [1.807, 2.05) is 11.8 Å². The van der Waals surface area contributed by atoms with Gasteiger partial charge in [0.25, 0.3) is 0 Å². The van der Waals surface area contributed by atoms with Crippen LogP contribution in [0, 0.1) is 0 Å². The highest BCUT2D eigenvalue weighted by Crippen LogP contribution is 2.52. The SMILES string of the molecule is CC(C)N(c1ccc(N2c3ccccc3Sc3cc4ccccc4cc32)cc1)C(C)C. The summed E-state index contributed by atoms with van der Waals surface area (Å²) in [7, 11) is 0. The number of hydrogen-bond acceptors (Lipinski definition) is 3. The van der Waals surface area contributed by atoms with Crippen molar-refractivity contribution in [2.45, 2.75) is 49.6 Å². The molecule has 4 aromatic rings. The third kappa shape index (κ3) is 3.57. The van der Waals surface area contributed by atoms with Gasteiger partial charge in [-0.2, -0.15) is 0 Å². The molecule has 31 heavy (non-hydrogen) atoms. The maximum atomic E-state index is 2.46. The largest absolute Gasteiger partial charge is 0.367 e. The zero-order valence-corrected chi connectivity index (χ0v) is 19.4. The molecule has 4 aromatic carbocycles. The smallest absolute Gasteiger partial charge is 0.0608 e. The lowest BCUT2D eigenvalue weighted by atomic mass is 10.1. The summed E-state index contributed by atoms with van der Waals surface area (Å²) in [5.74, 6) is 0. The quantitative estimate of drug-likeness (QED) is 0.286. The monoisotopic (exact) mass is 424 g/mol. The first-order valence-electron chi connectivity index (χ1n) is 11.0. The van der Waals surface area contributed by atoms with Gasteiger partial charge in [-0.3, -0.25) is 0 Å². The number of anilines is 4. The van der Waals surface area contributed by atoms with Crippen molar-refractivity contribution in [2.24, 2.45) is 0 Å². The summed E-state index contributed by atoms with van der Waals surface area (Å²) in [4.78, 5) is 7.46. The van der Waals surface area contributed by atoms with Crippen LogP contribution in [0.25, 0.3) is 10.8 Å². The van der Waals surface area contributed by atoms with E-state index in [4.69, 9.17) is 0 Å². The molecule has 1 aliphatic heterocycles. The van der Waals surface area contributed by atoms with Crippen molar-refractivity contribution < 1.29 is 0 Å². The highest BCUT2D eigenvalue weighted by molar-refractivity contribution is 7.99. The molecule has 3 heteroatoms. The van der Waals surface area contributed by atoms with E-state index in [0.29, 0.717) is 12.1 Å². The molecule has 0 fully saturated rings. The molecule has 5 rings (SSSR count). The maximum Gasteiger partial charge on any atom is 0.0608 e. The van der Waals surface area contributed by atoms with E-state index in [0.717, 1.165) is 0 Å². The van der Waals surface area contributed by atoms with Gasteiger partial charge >= 0.3 is 0 Å². The highest BCUT2D eigenvalue weighted by atomic mass is 32.2. The van der Waals surface area contributed by atoms with Gasteiger partial charge in [-0.1, -0.05) is 48.2 Å². The maximum absolute atomic E-state index is 2.46. The topological polar surface area (TPSA) is 6.48 Å². The summed E-state index contributed by atoms with van der Waals surface area (Å²) in [5.41, 5.74) is 4.96.